The third kappa shape index (κ3) is 2.91. The van der Waals surface area contributed by atoms with Crippen molar-refractivity contribution in [2.45, 2.75) is 16.2 Å². The molecule has 27 heavy (non-hydrogen) atoms. The molecule has 1 aromatic heterocycles. The zero-order chi connectivity index (χ0) is 18.2. The molecule has 0 saturated heterocycles. The summed E-state index contributed by atoms with van der Waals surface area (Å²) in [5, 5.41) is 1.24. The lowest BCUT2D eigenvalue weighted by Crippen LogP contribution is -2.23. The maximum atomic E-state index is 5.79. The second-order valence-electron chi connectivity index (χ2n) is 6.82. The van der Waals surface area contributed by atoms with E-state index in [-0.39, 0.29) is 0 Å². The standard InChI is InChI=1S/C23H21N3S/c24-12-5-13-26-20-8-3-4-9-22(20)27-23-15-17(10-11-21(23)26)19-14-16-6-1-2-7-18(16)25-19/h1-4,6-11,14-15,25H,5,12-13,24H2. The van der Waals surface area contributed by atoms with Crippen LogP contribution in [-0.2, 0) is 0 Å². The van der Waals surface area contributed by atoms with Gasteiger partial charge in [-0.05, 0) is 54.9 Å². The second-order valence-corrected chi connectivity index (χ2v) is 7.90. The van der Waals surface area contributed by atoms with Gasteiger partial charge in [-0.25, -0.2) is 0 Å². The second kappa shape index (κ2) is 6.80. The summed E-state index contributed by atoms with van der Waals surface area (Å²) in [4.78, 5) is 8.54. The molecule has 3 aromatic carbocycles. The number of benzene rings is 3. The van der Waals surface area contributed by atoms with Crippen molar-refractivity contribution < 1.29 is 0 Å². The van der Waals surface area contributed by atoms with Gasteiger partial charge in [-0.2, -0.15) is 0 Å². The fraction of sp³-hybridized carbons (Fsp3) is 0.130. The molecule has 0 unspecified atom stereocenters. The molecule has 5 rings (SSSR count). The summed E-state index contributed by atoms with van der Waals surface area (Å²) in [7, 11) is 0. The number of para-hydroxylation sites is 2. The molecule has 0 aliphatic carbocycles. The van der Waals surface area contributed by atoms with Crippen molar-refractivity contribution >= 4 is 34.0 Å². The van der Waals surface area contributed by atoms with Gasteiger partial charge in [-0.1, -0.05) is 48.2 Å². The molecular formula is C23H21N3S. The minimum absolute atomic E-state index is 0.703. The van der Waals surface area contributed by atoms with Crippen LogP contribution in [-0.4, -0.2) is 18.1 Å². The van der Waals surface area contributed by atoms with Crippen molar-refractivity contribution in [3.63, 3.8) is 0 Å². The van der Waals surface area contributed by atoms with Crippen LogP contribution in [0.4, 0.5) is 11.4 Å². The average molecular weight is 372 g/mol. The van der Waals surface area contributed by atoms with Crippen LogP contribution in [0.2, 0.25) is 0 Å². The van der Waals surface area contributed by atoms with E-state index >= 15 is 0 Å². The topological polar surface area (TPSA) is 45.0 Å². The number of hydrogen-bond donors (Lipinski definition) is 2. The zero-order valence-corrected chi connectivity index (χ0v) is 15.8. The van der Waals surface area contributed by atoms with E-state index in [4.69, 9.17) is 5.73 Å². The van der Waals surface area contributed by atoms with Crippen LogP contribution >= 0.6 is 11.8 Å². The lowest BCUT2D eigenvalue weighted by molar-refractivity contribution is 0.807. The van der Waals surface area contributed by atoms with Crippen LogP contribution in [0.3, 0.4) is 0 Å². The van der Waals surface area contributed by atoms with E-state index in [1.165, 1.54) is 37.6 Å². The average Bonchev–Trinajstić information content (AvgIpc) is 3.15. The van der Waals surface area contributed by atoms with Gasteiger partial charge in [-0.3, -0.25) is 0 Å². The van der Waals surface area contributed by atoms with Crippen LogP contribution in [0.15, 0.2) is 82.6 Å². The first-order valence-electron chi connectivity index (χ1n) is 9.30. The number of nitrogens with zero attached hydrogens (tertiary/aromatic N) is 1. The maximum absolute atomic E-state index is 5.79. The molecule has 0 spiro atoms. The van der Waals surface area contributed by atoms with Crippen molar-refractivity contribution in [1.29, 1.82) is 0 Å². The van der Waals surface area contributed by atoms with Crippen molar-refractivity contribution in [2.24, 2.45) is 5.73 Å². The fourth-order valence-corrected chi connectivity index (χ4v) is 4.86. The van der Waals surface area contributed by atoms with Gasteiger partial charge < -0.3 is 15.6 Å². The normalized spacial score (nSPS) is 12.9. The molecule has 1 aliphatic rings. The van der Waals surface area contributed by atoms with E-state index in [0.29, 0.717) is 6.54 Å². The summed E-state index contributed by atoms with van der Waals surface area (Å²) in [5.41, 5.74) is 11.9. The summed E-state index contributed by atoms with van der Waals surface area (Å²) >= 11 is 1.85. The monoisotopic (exact) mass is 371 g/mol. The molecule has 0 atom stereocenters. The van der Waals surface area contributed by atoms with Crippen LogP contribution in [0, 0.1) is 0 Å². The van der Waals surface area contributed by atoms with Crippen molar-refractivity contribution in [3.05, 3.63) is 72.8 Å². The number of nitrogens with two attached hydrogens (primary N) is 1. The van der Waals surface area contributed by atoms with Crippen LogP contribution in [0.25, 0.3) is 22.2 Å². The Kier molecular flexibility index (Phi) is 4.15. The Morgan fingerprint density at radius 3 is 2.56 bits per heavy atom. The van der Waals surface area contributed by atoms with Gasteiger partial charge in [0, 0.05) is 32.9 Å². The van der Waals surface area contributed by atoms with Gasteiger partial charge in [0.1, 0.15) is 0 Å². The Morgan fingerprint density at radius 2 is 1.67 bits per heavy atom. The van der Waals surface area contributed by atoms with Gasteiger partial charge in [0.25, 0.3) is 0 Å². The number of fused-ring (bicyclic) bond motifs is 3. The summed E-state index contributed by atoms with van der Waals surface area (Å²) in [6.45, 7) is 1.64. The lowest BCUT2D eigenvalue weighted by atomic mass is 10.1. The number of anilines is 2. The molecule has 4 heteroatoms. The lowest BCUT2D eigenvalue weighted by Gasteiger charge is -2.33. The molecule has 0 amide bonds. The highest BCUT2D eigenvalue weighted by Crippen LogP contribution is 2.49. The minimum atomic E-state index is 0.703. The van der Waals surface area contributed by atoms with E-state index in [1.807, 2.05) is 11.8 Å². The molecule has 3 N–H and O–H groups in total. The van der Waals surface area contributed by atoms with Crippen LogP contribution < -0.4 is 10.6 Å². The SMILES string of the molecule is NCCCN1c2ccccc2Sc2cc(-c3cc4ccccc4[nH]3)ccc21. The number of hydrogen-bond acceptors (Lipinski definition) is 3. The van der Waals surface area contributed by atoms with Crippen molar-refractivity contribution in [1.82, 2.24) is 4.98 Å². The predicted octanol–water partition coefficient (Wildman–Crippen LogP) is 5.79. The van der Waals surface area contributed by atoms with Crippen LogP contribution in [0.1, 0.15) is 6.42 Å². The first-order chi connectivity index (χ1) is 13.3. The zero-order valence-electron chi connectivity index (χ0n) is 15.0. The first kappa shape index (κ1) is 16.5. The molecule has 0 fully saturated rings. The van der Waals surface area contributed by atoms with Gasteiger partial charge in [0.15, 0.2) is 0 Å². The van der Waals surface area contributed by atoms with Crippen molar-refractivity contribution in [3.8, 4) is 11.3 Å². The maximum Gasteiger partial charge on any atom is 0.0553 e. The highest BCUT2D eigenvalue weighted by Gasteiger charge is 2.23. The highest BCUT2D eigenvalue weighted by molar-refractivity contribution is 7.99. The molecule has 2 heterocycles. The summed E-state index contributed by atoms with van der Waals surface area (Å²) in [6, 6.07) is 26.0. The first-order valence-corrected chi connectivity index (χ1v) is 10.1. The largest absolute Gasteiger partial charge is 0.355 e. The summed E-state index contributed by atoms with van der Waals surface area (Å²) in [5.74, 6) is 0. The van der Waals surface area contributed by atoms with E-state index < -0.39 is 0 Å². The van der Waals surface area contributed by atoms with E-state index in [9.17, 15) is 0 Å². The Labute approximate surface area is 163 Å². The van der Waals surface area contributed by atoms with Gasteiger partial charge in [0.2, 0.25) is 0 Å². The molecule has 0 bridgehead atoms. The van der Waals surface area contributed by atoms with Gasteiger partial charge in [0.05, 0.1) is 11.4 Å². The summed E-state index contributed by atoms with van der Waals surface area (Å²) in [6.07, 6.45) is 0.974. The smallest absolute Gasteiger partial charge is 0.0553 e. The minimum Gasteiger partial charge on any atom is -0.355 e. The third-order valence-electron chi connectivity index (χ3n) is 5.05. The number of aromatic amines is 1. The fourth-order valence-electron chi connectivity index (χ4n) is 3.72. The third-order valence-corrected chi connectivity index (χ3v) is 6.17. The Morgan fingerprint density at radius 1 is 0.852 bits per heavy atom. The summed E-state index contributed by atoms with van der Waals surface area (Å²) < 4.78 is 0. The quantitative estimate of drug-likeness (QED) is 0.477. The molecule has 1 aliphatic heterocycles. The number of H-pyrrole nitrogens is 1. The molecule has 4 aromatic rings. The predicted molar refractivity (Wildman–Crippen MR) is 115 cm³/mol. The molecule has 0 saturated carbocycles. The van der Waals surface area contributed by atoms with Gasteiger partial charge >= 0.3 is 0 Å². The molecule has 134 valence electrons. The van der Waals surface area contributed by atoms with E-state index in [1.54, 1.807) is 0 Å². The molecular weight excluding hydrogens is 350 g/mol. The Hall–Kier alpha value is -2.69. The van der Waals surface area contributed by atoms with E-state index in [2.05, 4.69) is 82.7 Å². The van der Waals surface area contributed by atoms with E-state index in [0.717, 1.165) is 18.7 Å². The number of aromatic nitrogens is 1. The van der Waals surface area contributed by atoms with Crippen LogP contribution in [0.5, 0.6) is 0 Å². The number of nitrogens with one attached hydrogen (secondary N) is 1. The Balaban J connectivity index is 1.58. The highest BCUT2D eigenvalue weighted by atomic mass is 32.2. The molecule has 0 radical (unpaired) electrons. The van der Waals surface area contributed by atoms with Crippen molar-refractivity contribution in [2.75, 3.05) is 18.0 Å². The molecule has 3 nitrogen and oxygen atoms in total. The van der Waals surface area contributed by atoms with Gasteiger partial charge in [-0.15, -0.1) is 0 Å². The number of rotatable bonds is 4. The Bertz CT molecular complexity index is 1080.